The molecule has 0 unspecified atom stereocenters. The van der Waals surface area contributed by atoms with Crippen LogP contribution in [-0.2, 0) is 0 Å². The van der Waals surface area contributed by atoms with E-state index in [9.17, 15) is 4.79 Å². The maximum absolute atomic E-state index is 12.6. The fourth-order valence-corrected chi connectivity index (χ4v) is 2.49. The molecular formula is C16H21N3O. The molecule has 0 aliphatic rings. The second-order valence-electron chi connectivity index (χ2n) is 5.38. The van der Waals surface area contributed by atoms with Crippen molar-refractivity contribution in [3.8, 4) is 0 Å². The number of aromatic nitrogens is 2. The van der Waals surface area contributed by atoms with Crippen LogP contribution in [0.3, 0.4) is 0 Å². The SMILES string of the molecule is Cc1cn[nH]c1NC(=O)c1c(C)c(C)c(C)c(C)c1C. The van der Waals surface area contributed by atoms with Gasteiger partial charge in [-0.2, -0.15) is 5.10 Å². The monoisotopic (exact) mass is 271 g/mol. The molecule has 106 valence electrons. The molecule has 0 atom stereocenters. The normalized spacial score (nSPS) is 10.7. The molecule has 20 heavy (non-hydrogen) atoms. The van der Waals surface area contributed by atoms with Crippen LogP contribution in [0.5, 0.6) is 0 Å². The number of hydrogen-bond donors (Lipinski definition) is 2. The Hall–Kier alpha value is -2.10. The zero-order valence-corrected chi connectivity index (χ0v) is 12.9. The molecule has 1 amide bonds. The maximum Gasteiger partial charge on any atom is 0.257 e. The molecule has 0 saturated heterocycles. The number of anilines is 1. The van der Waals surface area contributed by atoms with Crippen LogP contribution in [0.25, 0.3) is 0 Å². The van der Waals surface area contributed by atoms with E-state index in [1.807, 2.05) is 20.8 Å². The third kappa shape index (κ3) is 2.22. The van der Waals surface area contributed by atoms with Gasteiger partial charge in [-0.3, -0.25) is 9.89 Å². The minimum Gasteiger partial charge on any atom is -0.307 e. The highest BCUT2D eigenvalue weighted by Gasteiger charge is 2.19. The Morgan fingerprint density at radius 2 is 1.45 bits per heavy atom. The average Bonchev–Trinajstić information content (AvgIpc) is 2.80. The topological polar surface area (TPSA) is 57.8 Å². The summed E-state index contributed by atoms with van der Waals surface area (Å²) in [4.78, 5) is 12.6. The summed E-state index contributed by atoms with van der Waals surface area (Å²) < 4.78 is 0. The standard InChI is InChI=1S/C16H21N3O/c1-8-7-17-19-15(8)18-16(20)14-12(5)10(3)9(2)11(4)13(14)6/h7H,1-6H3,(H2,17,18,19,20). The first kappa shape index (κ1) is 14.3. The van der Waals surface area contributed by atoms with Crippen LogP contribution in [-0.4, -0.2) is 16.1 Å². The van der Waals surface area contributed by atoms with Gasteiger partial charge in [0.2, 0.25) is 0 Å². The van der Waals surface area contributed by atoms with Crippen molar-refractivity contribution < 1.29 is 4.79 Å². The van der Waals surface area contributed by atoms with Gasteiger partial charge in [0.25, 0.3) is 5.91 Å². The Kier molecular flexibility index (Phi) is 3.66. The number of hydrogen-bond acceptors (Lipinski definition) is 2. The zero-order chi connectivity index (χ0) is 15.0. The van der Waals surface area contributed by atoms with Crippen molar-refractivity contribution in [2.45, 2.75) is 41.5 Å². The van der Waals surface area contributed by atoms with Gasteiger partial charge in [-0.25, -0.2) is 0 Å². The highest BCUT2D eigenvalue weighted by atomic mass is 16.1. The highest BCUT2D eigenvalue weighted by Crippen LogP contribution is 2.26. The number of rotatable bonds is 2. The van der Waals surface area contributed by atoms with E-state index in [0.717, 1.165) is 22.3 Å². The summed E-state index contributed by atoms with van der Waals surface area (Å²) in [6, 6.07) is 0. The van der Waals surface area contributed by atoms with Crippen molar-refractivity contribution in [2.75, 3.05) is 5.32 Å². The Labute approximate surface area is 119 Å². The summed E-state index contributed by atoms with van der Waals surface area (Å²) in [5.74, 6) is 0.572. The lowest BCUT2D eigenvalue weighted by Gasteiger charge is -2.18. The number of aryl methyl sites for hydroxylation is 1. The largest absolute Gasteiger partial charge is 0.307 e. The van der Waals surface area contributed by atoms with Crippen LogP contribution >= 0.6 is 0 Å². The smallest absolute Gasteiger partial charge is 0.257 e. The van der Waals surface area contributed by atoms with Gasteiger partial charge < -0.3 is 5.32 Å². The number of carbonyl (C=O) groups excluding carboxylic acids is 1. The van der Waals surface area contributed by atoms with Crippen molar-refractivity contribution in [3.63, 3.8) is 0 Å². The van der Waals surface area contributed by atoms with Crippen molar-refractivity contribution >= 4 is 11.7 Å². The van der Waals surface area contributed by atoms with Crippen LogP contribution in [0.4, 0.5) is 5.82 Å². The van der Waals surface area contributed by atoms with Gasteiger partial charge in [-0.1, -0.05) is 0 Å². The van der Waals surface area contributed by atoms with Crippen molar-refractivity contribution in [1.29, 1.82) is 0 Å². The third-order valence-corrected chi connectivity index (χ3v) is 4.29. The van der Waals surface area contributed by atoms with Gasteiger partial charge in [0.1, 0.15) is 5.82 Å². The third-order valence-electron chi connectivity index (χ3n) is 4.29. The second kappa shape index (κ2) is 5.12. The summed E-state index contributed by atoms with van der Waals surface area (Å²) in [7, 11) is 0. The fourth-order valence-electron chi connectivity index (χ4n) is 2.49. The number of benzene rings is 1. The molecule has 4 heteroatoms. The number of nitrogens with one attached hydrogen (secondary N) is 2. The quantitative estimate of drug-likeness (QED) is 0.878. The van der Waals surface area contributed by atoms with Gasteiger partial charge in [0.05, 0.1) is 6.20 Å². The summed E-state index contributed by atoms with van der Waals surface area (Å²) in [5.41, 5.74) is 7.39. The van der Waals surface area contributed by atoms with E-state index in [4.69, 9.17) is 0 Å². The molecule has 2 aromatic rings. The average molecular weight is 271 g/mol. The molecule has 0 fully saturated rings. The number of amides is 1. The van der Waals surface area contributed by atoms with E-state index in [1.165, 1.54) is 16.7 Å². The molecule has 0 bridgehead atoms. The van der Waals surface area contributed by atoms with E-state index in [1.54, 1.807) is 6.20 Å². The molecule has 0 radical (unpaired) electrons. The van der Waals surface area contributed by atoms with E-state index in [0.29, 0.717) is 5.82 Å². The molecule has 0 aliphatic carbocycles. The van der Waals surface area contributed by atoms with E-state index in [2.05, 4.69) is 36.3 Å². The van der Waals surface area contributed by atoms with Crippen LogP contribution in [0, 0.1) is 41.5 Å². The lowest BCUT2D eigenvalue weighted by Crippen LogP contribution is -2.18. The zero-order valence-electron chi connectivity index (χ0n) is 12.9. The Morgan fingerprint density at radius 1 is 0.950 bits per heavy atom. The van der Waals surface area contributed by atoms with Gasteiger partial charge in [0, 0.05) is 11.1 Å². The lowest BCUT2D eigenvalue weighted by atomic mass is 9.89. The number of carbonyl (C=O) groups is 1. The van der Waals surface area contributed by atoms with Crippen LogP contribution in [0.1, 0.15) is 43.7 Å². The first-order chi connectivity index (χ1) is 9.34. The van der Waals surface area contributed by atoms with Crippen LogP contribution < -0.4 is 5.32 Å². The summed E-state index contributed by atoms with van der Waals surface area (Å²) >= 11 is 0. The highest BCUT2D eigenvalue weighted by molar-refractivity contribution is 6.06. The number of nitrogens with zero attached hydrogens (tertiary/aromatic N) is 1. The number of aromatic amines is 1. The molecule has 1 heterocycles. The number of H-pyrrole nitrogens is 1. The van der Waals surface area contributed by atoms with Crippen molar-refractivity contribution in [3.05, 3.63) is 45.1 Å². The van der Waals surface area contributed by atoms with Crippen molar-refractivity contribution in [1.82, 2.24) is 10.2 Å². The molecule has 1 aromatic heterocycles. The molecule has 1 aromatic carbocycles. The summed E-state index contributed by atoms with van der Waals surface area (Å²) in [5, 5.41) is 9.63. The van der Waals surface area contributed by atoms with E-state index < -0.39 is 0 Å². The maximum atomic E-state index is 12.6. The van der Waals surface area contributed by atoms with Gasteiger partial charge in [-0.05, 0) is 69.4 Å². The van der Waals surface area contributed by atoms with Gasteiger partial charge >= 0.3 is 0 Å². The van der Waals surface area contributed by atoms with Crippen LogP contribution in [0.15, 0.2) is 6.20 Å². The fraction of sp³-hybridized carbons (Fsp3) is 0.375. The van der Waals surface area contributed by atoms with E-state index in [-0.39, 0.29) is 5.91 Å². The molecule has 0 spiro atoms. The predicted molar refractivity (Wildman–Crippen MR) is 81.4 cm³/mol. The first-order valence-electron chi connectivity index (χ1n) is 6.72. The van der Waals surface area contributed by atoms with Gasteiger partial charge in [-0.15, -0.1) is 0 Å². The van der Waals surface area contributed by atoms with Crippen LogP contribution in [0.2, 0.25) is 0 Å². The Morgan fingerprint density at radius 3 is 1.90 bits per heavy atom. The second-order valence-corrected chi connectivity index (χ2v) is 5.38. The van der Waals surface area contributed by atoms with Crippen molar-refractivity contribution in [2.24, 2.45) is 0 Å². The first-order valence-corrected chi connectivity index (χ1v) is 6.72. The summed E-state index contributed by atoms with van der Waals surface area (Å²) in [6.45, 7) is 12.1. The molecular weight excluding hydrogens is 250 g/mol. The van der Waals surface area contributed by atoms with E-state index >= 15 is 0 Å². The minimum absolute atomic E-state index is 0.0847. The lowest BCUT2D eigenvalue weighted by molar-refractivity contribution is 0.102. The Bertz CT molecular complexity index is 654. The molecule has 2 N–H and O–H groups in total. The minimum atomic E-state index is -0.0847. The van der Waals surface area contributed by atoms with Gasteiger partial charge in [0.15, 0.2) is 0 Å². The predicted octanol–water partition coefficient (Wildman–Crippen LogP) is 3.51. The molecule has 0 aliphatic heterocycles. The molecule has 0 saturated carbocycles. The summed E-state index contributed by atoms with van der Waals surface area (Å²) in [6.07, 6.45) is 1.70. The molecule has 2 rings (SSSR count). The molecule has 4 nitrogen and oxygen atoms in total. The Balaban J connectivity index is 2.48.